The molecule has 126 valence electrons. The molecular weight excluding hydrogens is 288 g/mol. The molecule has 2 aliphatic heterocycles. The van der Waals surface area contributed by atoms with Gasteiger partial charge in [-0.15, -0.1) is 0 Å². The molecular formula is C19H28N2O2. The molecule has 0 aliphatic carbocycles. The largest absolute Gasteiger partial charge is 0.487 e. The van der Waals surface area contributed by atoms with Crippen LogP contribution < -0.4 is 10.1 Å². The number of amides is 1. The van der Waals surface area contributed by atoms with E-state index < -0.39 is 0 Å². The van der Waals surface area contributed by atoms with Crippen molar-refractivity contribution < 1.29 is 9.53 Å². The van der Waals surface area contributed by atoms with Crippen LogP contribution in [0.2, 0.25) is 0 Å². The quantitative estimate of drug-likeness (QED) is 0.912. The van der Waals surface area contributed by atoms with E-state index in [1.807, 2.05) is 6.07 Å². The lowest BCUT2D eigenvalue weighted by Gasteiger charge is -2.39. The van der Waals surface area contributed by atoms with Crippen LogP contribution in [0.1, 0.15) is 50.3 Å². The Bertz CT molecular complexity index is 597. The molecule has 0 bridgehead atoms. The van der Waals surface area contributed by atoms with E-state index in [-0.39, 0.29) is 23.5 Å². The molecule has 1 N–H and O–H groups in total. The minimum atomic E-state index is -0.260. The molecule has 0 spiro atoms. The zero-order valence-corrected chi connectivity index (χ0v) is 14.7. The summed E-state index contributed by atoms with van der Waals surface area (Å²) in [5.41, 5.74) is 2.05. The van der Waals surface area contributed by atoms with Crippen LogP contribution in [0, 0.1) is 12.8 Å². The Hall–Kier alpha value is -1.55. The van der Waals surface area contributed by atoms with E-state index in [0.29, 0.717) is 0 Å². The lowest BCUT2D eigenvalue weighted by Crippen LogP contribution is -2.46. The van der Waals surface area contributed by atoms with Crippen molar-refractivity contribution >= 4 is 5.91 Å². The number of nitrogens with zero attached hydrogens (tertiary/aromatic N) is 1. The normalized spacial score (nSPS) is 27.0. The number of benzene rings is 1. The van der Waals surface area contributed by atoms with Crippen molar-refractivity contribution in [2.45, 2.75) is 51.7 Å². The fourth-order valence-electron chi connectivity index (χ4n) is 3.77. The number of rotatable bonds is 2. The first-order valence-corrected chi connectivity index (χ1v) is 8.62. The molecule has 0 radical (unpaired) electrons. The van der Waals surface area contributed by atoms with Gasteiger partial charge in [-0.2, -0.15) is 0 Å². The van der Waals surface area contributed by atoms with Gasteiger partial charge in [-0.3, -0.25) is 4.79 Å². The Morgan fingerprint density at radius 1 is 1.39 bits per heavy atom. The highest BCUT2D eigenvalue weighted by Crippen LogP contribution is 2.40. The van der Waals surface area contributed by atoms with E-state index in [9.17, 15) is 4.79 Å². The lowest BCUT2D eigenvalue weighted by molar-refractivity contribution is -0.127. The third-order valence-corrected chi connectivity index (χ3v) is 4.93. The van der Waals surface area contributed by atoms with Gasteiger partial charge in [0.05, 0.1) is 12.0 Å². The van der Waals surface area contributed by atoms with Crippen molar-refractivity contribution in [3.63, 3.8) is 0 Å². The fraction of sp³-hybridized carbons (Fsp3) is 0.632. The molecule has 0 aromatic heterocycles. The van der Waals surface area contributed by atoms with Gasteiger partial charge in [-0.1, -0.05) is 17.7 Å². The molecule has 1 aromatic rings. The number of carbonyl (C=O) groups excluding carboxylic acids is 1. The Balaban J connectivity index is 1.79. The van der Waals surface area contributed by atoms with Crippen LogP contribution in [0.4, 0.5) is 0 Å². The molecule has 2 atom stereocenters. The Morgan fingerprint density at radius 3 is 2.91 bits per heavy atom. The third-order valence-electron chi connectivity index (χ3n) is 4.93. The van der Waals surface area contributed by atoms with E-state index in [1.165, 1.54) is 5.56 Å². The Kier molecular flexibility index (Phi) is 4.37. The van der Waals surface area contributed by atoms with Crippen molar-refractivity contribution in [1.29, 1.82) is 0 Å². The lowest BCUT2D eigenvalue weighted by atomic mass is 9.88. The second-order valence-corrected chi connectivity index (χ2v) is 7.77. The minimum absolute atomic E-state index is 0.0355. The number of fused-ring (bicyclic) bond motifs is 1. The SMILES string of the molecule is Cc1ccc2c(c1)[C@@H](NC(=O)[C@@H]1CCCN(C)C1)CC(C)(C)O2. The van der Waals surface area contributed by atoms with Crippen molar-refractivity contribution in [3.05, 3.63) is 29.3 Å². The smallest absolute Gasteiger partial charge is 0.224 e. The highest BCUT2D eigenvalue weighted by atomic mass is 16.5. The summed E-state index contributed by atoms with van der Waals surface area (Å²) in [6.45, 7) is 8.21. The van der Waals surface area contributed by atoms with Crippen LogP contribution in [0.5, 0.6) is 5.75 Å². The van der Waals surface area contributed by atoms with Crippen LogP contribution in [-0.2, 0) is 4.79 Å². The summed E-state index contributed by atoms with van der Waals surface area (Å²) in [5, 5.41) is 3.30. The van der Waals surface area contributed by atoms with Gasteiger partial charge in [-0.25, -0.2) is 0 Å². The summed E-state index contributed by atoms with van der Waals surface area (Å²) < 4.78 is 6.09. The first-order valence-electron chi connectivity index (χ1n) is 8.62. The van der Waals surface area contributed by atoms with Crippen molar-refractivity contribution in [1.82, 2.24) is 10.2 Å². The number of hydrogen-bond acceptors (Lipinski definition) is 3. The summed E-state index contributed by atoms with van der Waals surface area (Å²) in [6, 6.07) is 6.27. The maximum absolute atomic E-state index is 12.7. The highest BCUT2D eigenvalue weighted by molar-refractivity contribution is 5.79. The van der Waals surface area contributed by atoms with Crippen LogP contribution in [0.15, 0.2) is 18.2 Å². The average molecular weight is 316 g/mol. The molecule has 1 saturated heterocycles. The fourth-order valence-corrected chi connectivity index (χ4v) is 3.77. The zero-order chi connectivity index (χ0) is 16.6. The van der Waals surface area contributed by atoms with Gasteiger partial charge in [0.2, 0.25) is 5.91 Å². The minimum Gasteiger partial charge on any atom is -0.487 e. The monoisotopic (exact) mass is 316 g/mol. The third kappa shape index (κ3) is 3.69. The maximum Gasteiger partial charge on any atom is 0.224 e. The van der Waals surface area contributed by atoms with E-state index in [0.717, 1.165) is 43.7 Å². The first-order chi connectivity index (χ1) is 10.8. The van der Waals surface area contributed by atoms with Crippen LogP contribution in [-0.4, -0.2) is 36.5 Å². The molecule has 1 amide bonds. The van der Waals surface area contributed by atoms with Crippen molar-refractivity contribution in [2.24, 2.45) is 5.92 Å². The first kappa shape index (κ1) is 16.3. The van der Waals surface area contributed by atoms with E-state index in [4.69, 9.17) is 4.74 Å². The molecule has 1 fully saturated rings. The standard InChI is InChI=1S/C19H28N2O2/c1-13-7-8-17-15(10-13)16(11-19(2,3)23-17)20-18(22)14-6-5-9-21(4)12-14/h7-8,10,14,16H,5-6,9,11-12H2,1-4H3,(H,20,22)/t14-,16+/m1/s1. The molecule has 4 nitrogen and oxygen atoms in total. The summed E-state index contributed by atoms with van der Waals surface area (Å²) in [4.78, 5) is 15.0. The van der Waals surface area contributed by atoms with E-state index >= 15 is 0 Å². The van der Waals surface area contributed by atoms with Crippen LogP contribution in [0.25, 0.3) is 0 Å². The van der Waals surface area contributed by atoms with E-state index in [1.54, 1.807) is 0 Å². The number of carbonyl (C=O) groups is 1. The topological polar surface area (TPSA) is 41.6 Å². The van der Waals surface area contributed by atoms with Crippen LogP contribution >= 0.6 is 0 Å². The summed E-state index contributed by atoms with van der Waals surface area (Å²) in [5.74, 6) is 1.19. The molecule has 0 saturated carbocycles. The second kappa shape index (κ2) is 6.16. The zero-order valence-electron chi connectivity index (χ0n) is 14.7. The summed E-state index contributed by atoms with van der Waals surface area (Å²) in [7, 11) is 2.09. The predicted molar refractivity (Wildman–Crippen MR) is 91.6 cm³/mol. The predicted octanol–water partition coefficient (Wildman–Crippen LogP) is 3.06. The number of piperidine rings is 1. The second-order valence-electron chi connectivity index (χ2n) is 7.77. The van der Waals surface area contributed by atoms with Gasteiger partial charge in [0.1, 0.15) is 11.4 Å². The highest BCUT2D eigenvalue weighted by Gasteiger charge is 2.36. The van der Waals surface area contributed by atoms with Crippen molar-refractivity contribution in [2.75, 3.05) is 20.1 Å². The van der Waals surface area contributed by atoms with Gasteiger partial charge in [0, 0.05) is 18.5 Å². The number of ether oxygens (including phenoxy) is 1. The van der Waals surface area contributed by atoms with Gasteiger partial charge in [0.15, 0.2) is 0 Å². The number of hydrogen-bond donors (Lipinski definition) is 1. The molecule has 0 unspecified atom stereocenters. The van der Waals surface area contributed by atoms with Gasteiger partial charge in [-0.05, 0) is 53.3 Å². The molecule has 2 heterocycles. The molecule has 3 rings (SSSR count). The van der Waals surface area contributed by atoms with Crippen LogP contribution in [0.3, 0.4) is 0 Å². The number of likely N-dealkylation sites (tertiary alicyclic amines) is 1. The Morgan fingerprint density at radius 2 is 2.17 bits per heavy atom. The molecule has 4 heteroatoms. The summed E-state index contributed by atoms with van der Waals surface area (Å²) in [6.07, 6.45) is 2.89. The molecule has 1 aromatic carbocycles. The van der Waals surface area contributed by atoms with Gasteiger partial charge in [0.25, 0.3) is 0 Å². The van der Waals surface area contributed by atoms with Gasteiger partial charge >= 0.3 is 0 Å². The van der Waals surface area contributed by atoms with Crippen molar-refractivity contribution in [3.8, 4) is 5.75 Å². The maximum atomic E-state index is 12.7. The molecule has 2 aliphatic rings. The molecule has 23 heavy (non-hydrogen) atoms. The Labute approximate surface area is 139 Å². The van der Waals surface area contributed by atoms with E-state index in [2.05, 4.69) is 50.2 Å². The summed E-state index contributed by atoms with van der Waals surface area (Å²) >= 11 is 0. The number of aryl methyl sites for hydroxylation is 1. The number of nitrogens with one attached hydrogen (secondary N) is 1. The van der Waals surface area contributed by atoms with Gasteiger partial charge < -0.3 is 15.0 Å². The average Bonchev–Trinajstić information content (AvgIpc) is 2.47.